The van der Waals surface area contributed by atoms with Crippen molar-refractivity contribution in [1.82, 2.24) is 29.3 Å². The second-order valence-corrected chi connectivity index (χ2v) is 16.3. The quantitative estimate of drug-likeness (QED) is 0.0706. The number of hydrogen-bond donors (Lipinski definition) is 4. The molecule has 0 bridgehead atoms. The zero-order valence-electron chi connectivity index (χ0n) is 28.5. The van der Waals surface area contributed by atoms with E-state index in [0.29, 0.717) is 21.5 Å². The van der Waals surface area contributed by atoms with Crippen LogP contribution in [-0.2, 0) is 29.6 Å². The molecule has 4 aromatic rings. The lowest BCUT2D eigenvalue weighted by Crippen LogP contribution is -2.56. The van der Waals surface area contributed by atoms with Gasteiger partial charge in [0.1, 0.15) is 21.9 Å². The van der Waals surface area contributed by atoms with E-state index in [4.69, 9.17) is 5.41 Å². The fraction of sp³-hybridized carbons (Fsp3) is 0.364. The number of carbonyl (C=O) groups excluding carboxylic acids is 1. The van der Waals surface area contributed by atoms with Gasteiger partial charge in [-0.1, -0.05) is 36.6 Å². The molecule has 1 amide bonds. The number of sulfonamides is 2. The number of hydrazine groups is 1. The van der Waals surface area contributed by atoms with Crippen LogP contribution in [0, 0.1) is 35.3 Å². The molecule has 3 atom stereocenters. The Kier molecular flexibility index (Phi) is 11.1. The van der Waals surface area contributed by atoms with Crippen molar-refractivity contribution in [3.05, 3.63) is 82.2 Å². The molecule has 0 spiro atoms. The van der Waals surface area contributed by atoms with E-state index in [2.05, 4.69) is 14.7 Å². The maximum absolute atomic E-state index is 14.1. The molecular formula is C33H38N8O9S2. The number of carboxylic acid groups (broad SMARTS) is 1. The summed E-state index contributed by atoms with van der Waals surface area (Å²) in [6.45, 7) is 4.84. The van der Waals surface area contributed by atoms with Crippen molar-refractivity contribution in [2.24, 2.45) is 5.92 Å². The van der Waals surface area contributed by atoms with E-state index >= 15 is 0 Å². The number of amides is 1. The number of rotatable bonds is 12. The summed E-state index contributed by atoms with van der Waals surface area (Å²) in [5.74, 6) is -3.22. The molecule has 0 radical (unpaired) electrons. The minimum atomic E-state index is -4.70. The SMILES string of the molecule is Cc1cnc2c(S(=O)(=O)N[C@@H](CCCN(C(=N)N[N+](=O)[O-])S(=O)(=O)c3cccc4cc(C)cnc34)C(=O)N3CC[C@@H](C)C[C@@H]3C(=O)O)cccc2c1. The topological polar surface area (TPSA) is 246 Å². The van der Waals surface area contributed by atoms with Crippen LogP contribution >= 0.6 is 0 Å². The van der Waals surface area contributed by atoms with E-state index in [-0.39, 0.29) is 52.5 Å². The molecule has 0 unspecified atom stereocenters. The van der Waals surface area contributed by atoms with Gasteiger partial charge in [0.2, 0.25) is 15.9 Å². The smallest absolute Gasteiger partial charge is 0.326 e. The fourth-order valence-corrected chi connectivity index (χ4v) is 9.24. The third-order valence-corrected chi connectivity index (χ3v) is 12.1. The van der Waals surface area contributed by atoms with Crippen molar-refractivity contribution in [3.8, 4) is 0 Å². The Labute approximate surface area is 299 Å². The highest BCUT2D eigenvalue weighted by Gasteiger charge is 2.39. The first kappa shape index (κ1) is 38.0. The van der Waals surface area contributed by atoms with E-state index in [0.717, 1.165) is 16.0 Å². The molecule has 2 aromatic heterocycles. The number of para-hydroxylation sites is 2. The van der Waals surface area contributed by atoms with Gasteiger partial charge in [0.05, 0.1) is 11.0 Å². The number of benzene rings is 2. The Morgan fingerprint density at radius 1 is 1.04 bits per heavy atom. The Hall–Kier alpha value is -5.27. The monoisotopic (exact) mass is 754 g/mol. The van der Waals surface area contributed by atoms with Crippen LogP contribution in [0.25, 0.3) is 21.8 Å². The molecule has 2 aromatic carbocycles. The van der Waals surface area contributed by atoms with Crippen LogP contribution in [0.5, 0.6) is 0 Å². The van der Waals surface area contributed by atoms with E-state index in [1.54, 1.807) is 43.5 Å². The first-order valence-electron chi connectivity index (χ1n) is 16.3. The van der Waals surface area contributed by atoms with Crippen LogP contribution in [0.3, 0.4) is 0 Å². The van der Waals surface area contributed by atoms with Crippen LogP contribution in [0.15, 0.2) is 70.7 Å². The zero-order chi connectivity index (χ0) is 38.0. The predicted molar refractivity (Wildman–Crippen MR) is 190 cm³/mol. The second kappa shape index (κ2) is 15.1. The lowest BCUT2D eigenvalue weighted by Gasteiger charge is -2.38. The standard InChI is InChI=1S/C33H38N8O9S2/c1-20-12-14-39(26(17-20)32(43)44)31(42)25(38-51(47,48)27-10-4-7-23-15-21(2)18-35-29(23)27)9-6-13-40(33(34)37-41(45)46)52(49,50)28-11-5-8-24-16-22(3)19-36-30(24)28/h4-5,7-8,10-11,15-16,18-20,25-26,38H,6,9,12-14,17H2,1-3H3,(H2,34,37)(H,43,44)/t20-,25+,26-/m1/s1. The van der Waals surface area contributed by atoms with Gasteiger partial charge in [-0.25, -0.2) is 36.0 Å². The van der Waals surface area contributed by atoms with E-state index < -0.39 is 61.5 Å². The first-order valence-corrected chi connectivity index (χ1v) is 19.2. The predicted octanol–water partition coefficient (Wildman–Crippen LogP) is 2.95. The molecule has 3 heterocycles. The summed E-state index contributed by atoms with van der Waals surface area (Å²) >= 11 is 0. The highest BCUT2D eigenvalue weighted by Crippen LogP contribution is 2.28. The number of carbonyl (C=O) groups is 2. The van der Waals surface area contributed by atoms with Gasteiger partial charge in [-0.3, -0.25) is 20.2 Å². The third-order valence-electron chi connectivity index (χ3n) is 8.81. The van der Waals surface area contributed by atoms with E-state index in [1.165, 1.54) is 36.7 Å². The van der Waals surface area contributed by atoms with Gasteiger partial charge >= 0.3 is 5.97 Å². The number of aromatic nitrogens is 2. The minimum absolute atomic E-state index is 0.0168. The summed E-state index contributed by atoms with van der Waals surface area (Å²) in [7, 11) is -9.20. The third kappa shape index (κ3) is 8.11. The average Bonchev–Trinajstić information content (AvgIpc) is 3.07. The zero-order valence-corrected chi connectivity index (χ0v) is 30.1. The van der Waals surface area contributed by atoms with E-state index in [1.807, 2.05) is 6.92 Å². The Balaban J connectivity index is 1.50. The number of nitro groups is 1. The largest absolute Gasteiger partial charge is 0.480 e. The summed E-state index contributed by atoms with van der Waals surface area (Å²) in [5.41, 5.74) is 3.30. The number of piperidine rings is 1. The van der Waals surface area contributed by atoms with Gasteiger partial charge in [0.25, 0.3) is 16.0 Å². The molecule has 4 N–H and O–H groups in total. The maximum Gasteiger partial charge on any atom is 0.326 e. The number of likely N-dealkylation sites (tertiary alicyclic amines) is 1. The molecule has 276 valence electrons. The molecule has 19 heteroatoms. The van der Waals surface area contributed by atoms with Crippen LogP contribution in [0.4, 0.5) is 0 Å². The Bertz CT molecular complexity index is 2290. The van der Waals surface area contributed by atoms with Gasteiger partial charge in [-0.15, -0.1) is 0 Å². The molecule has 0 aliphatic carbocycles. The van der Waals surface area contributed by atoms with Crippen molar-refractivity contribution < 1.29 is 36.6 Å². The Morgan fingerprint density at radius 3 is 2.19 bits per heavy atom. The first-order chi connectivity index (χ1) is 24.5. The molecule has 1 aliphatic heterocycles. The van der Waals surface area contributed by atoms with Crippen LogP contribution in [0.1, 0.15) is 43.7 Å². The summed E-state index contributed by atoms with van der Waals surface area (Å²) in [6, 6.07) is 9.47. The van der Waals surface area contributed by atoms with Crippen molar-refractivity contribution in [1.29, 1.82) is 5.41 Å². The molecule has 1 aliphatic rings. The number of fused-ring (bicyclic) bond motifs is 2. The number of carboxylic acids is 1. The van der Waals surface area contributed by atoms with Crippen LogP contribution < -0.4 is 10.1 Å². The minimum Gasteiger partial charge on any atom is -0.480 e. The lowest BCUT2D eigenvalue weighted by atomic mass is 9.91. The van der Waals surface area contributed by atoms with Crippen LogP contribution in [-0.4, -0.2) is 89.2 Å². The summed E-state index contributed by atoms with van der Waals surface area (Å²) in [4.78, 5) is 46.8. The normalized spacial score (nSPS) is 17.1. The highest BCUT2D eigenvalue weighted by molar-refractivity contribution is 7.90. The number of hydrogen-bond acceptors (Lipinski definition) is 11. The van der Waals surface area contributed by atoms with Gasteiger partial charge < -0.3 is 10.0 Å². The van der Waals surface area contributed by atoms with Gasteiger partial charge in [-0.2, -0.15) is 4.72 Å². The number of nitrogens with one attached hydrogen (secondary N) is 3. The number of guanidine groups is 1. The fourth-order valence-electron chi connectivity index (χ4n) is 6.29. The molecule has 1 fully saturated rings. The molecule has 0 saturated carbocycles. The molecule has 17 nitrogen and oxygen atoms in total. The van der Waals surface area contributed by atoms with Gasteiger partial charge in [0, 0.05) is 36.3 Å². The number of pyridine rings is 2. The lowest BCUT2D eigenvalue weighted by molar-refractivity contribution is -0.526. The van der Waals surface area contributed by atoms with Crippen LogP contribution in [0.2, 0.25) is 0 Å². The molecule has 5 rings (SSSR count). The van der Waals surface area contributed by atoms with Crippen molar-refractivity contribution in [3.63, 3.8) is 0 Å². The number of nitrogens with zero attached hydrogens (tertiary/aromatic N) is 5. The highest BCUT2D eigenvalue weighted by atomic mass is 32.2. The second-order valence-electron chi connectivity index (χ2n) is 12.8. The van der Waals surface area contributed by atoms with Crippen molar-refractivity contribution >= 4 is 59.7 Å². The average molecular weight is 755 g/mol. The number of aryl methyl sites for hydroxylation is 2. The van der Waals surface area contributed by atoms with Crippen molar-refractivity contribution in [2.45, 2.75) is 68.3 Å². The van der Waals surface area contributed by atoms with E-state index in [9.17, 15) is 41.6 Å². The molecule has 1 saturated heterocycles. The summed E-state index contributed by atoms with van der Waals surface area (Å²) in [6.07, 6.45) is 2.88. The summed E-state index contributed by atoms with van der Waals surface area (Å²) < 4.78 is 58.8. The van der Waals surface area contributed by atoms with Gasteiger partial charge in [0.15, 0.2) is 5.03 Å². The molecular weight excluding hydrogens is 717 g/mol. The number of aliphatic carboxylic acids is 1. The maximum atomic E-state index is 14.1. The summed E-state index contributed by atoms with van der Waals surface area (Å²) in [5, 5.41) is 29.5. The Morgan fingerprint density at radius 2 is 1.62 bits per heavy atom. The van der Waals surface area contributed by atoms with Gasteiger partial charge in [-0.05, 0) is 80.8 Å². The van der Waals surface area contributed by atoms with Crippen molar-refractivity contribution in [2.75, 3.05) is 13.1 Å². The molecule has 52 heavy (non-hydrogen) atoms.